The predicted molar refractivity (Wildman–Crippen MR) is 171 cm³/mol. The Morgan fingerprint density at radius 3 is 0.775 bits per heavy atom. The molecular formula is C35H69NO4. The number of rotatable bonds is 35. The van der Waals surface area contributed by atoms with E-state index in [1.54, 1.807) is 0 Å². The van der Waals surface area contributed by atoms with Gasteiger partial charge in [0.2, 0.25) is 0 Å². The molecule has 0 saturated heterocycles. The largest absolute Gasteiger partial charge is 0.481 e. The van der Waals surface area contributed by atoms with Crippen LogP contribution in [0, 0.1) is 0 Å². The number of unbranched alkanes of at least 4 members (excludes halogenated alkanes) is 29. The number of carboxylic acid groups (broad SMARTS) is 2. The molecule has 0 aliphatic carbocycles. The van der Waals surface area contributed by atoms with Gasteiger partial charge < -0.3 is 15.5 Å². The Kier molecular flexibility index (Phi) is 33.2. The number of aliphatic carboxylic acids is 2. The third-order valence-electron chi connectivity index (χ3n) is 8.27. The minimum Gasteiger partial charge on any atom is -0.481 e. The van der Waals surface area contributed by atoms with Gasteiger partial charge in [-0.05, 0) is 19.4 Å². The van der Waals surface area contributed by atoms with Crippen LogP contribution in [-0.2, 0) is 9.59 Å². The van der Waals surface area contributed by atoms with Gasteiger partial charge >= 0.3 is 11.9 Å². The monoisotopic (exact) mass is 568 g/mol. The van der Waals surface area contributed by atoms with Crippen LogP contribution in [0.1, 0.15) is 199 Å². The Bertz CT molecular complexity index is 480. The standard InChI is InChI=1S/C35H69NO4/c37-34(38)31-29-27-25-23-21-19-17-15-13-11-9-7-5-3-1-2-4-6-8-10-12-14-16-18-20-22-24-26-28-30-32-36-33-35(39)40/h36H,1-33H2,(H,37,38)(H,39,40). The van der Waals surface area contributed by atoms with Gasteiger partial charge in [-0.25, -0.2) is 0 Å². The molecule has 0 bridgehead atoms. The topological polar surface area (TPSA) is 86.6 Å². The van der Waals surface area contributed by atoms with Gasteiger partial charge in [0, 0.05) is 6.42 Å². The first kappa shape index (κ1) is 38.9. The molecule has 0 aromatic heterocycles. The SMILES string of the molecule is O=C(O)CCCCCCCCCCCCCCCCCCCCCCCCCCCCCCCCNCC(=O)O. The highest BCUT2D eigenvalue weighted by Crippen LogP contribution is 2.16. The van der Waals surface area contributed by atoms with Gasteiger partial charge in [0.05, 0.1) is 6.54 Å². The van der Waals surface area contributed by atoms with Gasteiger partial charge in [-0.3, -0.25) is 9.59 Å². The van der Waals surface area contributed by atoms with Gasteiger partial charge in [-0.1, -0.05) is 180 Å². The average molecular weight is 568 g/mol. The van der Waals surface area contributed by atoms with Crippen LogP contribution in [0.15, 0.2) is 0 Å². The minimum atomic E-state index is -0.765. The van der Waals surface area contributed by atoms with Crippen LogP contribution in [0.5, 0.6) is 0 Å². The molecule has 0 fully saturated rings. The highest BCUT2D eigenvalue weighted by molar-refractivity contribution is 5.68. The van der Waals surface area contributed by atoms with E-state index >= 15 is 0 Å². The Labute approximate surface area is 249 Å². The lowest BCUT2D eigenvalue weighted by Crippen LogP contribution is -2.23. The van der Waals surface area contributed by atoms with E-state index in [2.05, 4.69) is 5.32 Å². The van der Waals surface area contributed by atoms with E-state index < -0.39 is 11.9 Å². The fourth-order valence-corrected chi connectivity index (χ4v) is 5.67. The lowest BCUT2D eigenvalue weighted by Gasteiger charge is -2.05. The number of hydrogen-bond donors (Lipinski definition) is 3. The third kappa shape index (κ3) is 36.9. The first-order chi connectivity index (χ1) is 19.6. The maximum absolute atomic E-state index is 10.5. The quantitative estimate of drug-likeness (QED) is 0.0663. The zero-order chi connectivity index (χ0) is 29.2. The van der Waals surface area contributed by atoms with Crippen molar-refractivity contribution < 1.29 is 19.8 Å². The molecule has 0 unspecified atom stereocenters. The van der Waals surface area contributed by atoms with E-state index in [9.17, 15) is 9.59 Å². The molecule has 0 rings (SSSR count). The van der Waals surface area contributed by atoms with Gasteiger partial charge in [0.15, 0.2) is 0 Å². The number of hydrogen-bond acceptors (Lipinski definition) is 3. The van der Waals surface area contributed by atoms with Crippen LogP contribution >= 0.6 is 0 Å². The summed E-state index contributed by atoms with van der Waals surface area (Å²) in [5.74, 6) is -1.42. The van der Waals surface area contributed by atoms with Crippen LogP contribution in [0.3, 0.4) is 0 Å². The number of nitrogens with one attached hydrogen (secondary N) is 1. The Hall–Kier alpha value is -1.10. The summed E-state index contributed by atoms with van der Waals surface area (Å²) in [6.45, 7) is 0.920. The molecule has 0 aliphatic heterocycles. The second-order valence-corrected chi connectivity index (χ2v) is 12.3. The minimum absolute atomic E-state index is 0.0894. The fraction of sp³-hybridized carbons (Fsp3) is 0.943. The molecule has 5 heteroatoms. The van der Waals surface area contributed by atoms with Crippen LogP contribution in [-0.4, -0.2) is 35.2 Å². The normalized spacial score (nSPS) is 11.3. The third-order valence-corrected chi connectivity index (χ3v) is 8.27. The van der Waals surface area contributed by atoms with Crippen molar-refractivity contribution in [3.8, 4) is 0 Å². The predicted octanol–water partition coefficient (Wildman–Crippen LogP) is 10.8. The van der Waals surface area contributed by atoms with Crippen molar-refractivity contribution in [2.45, 2.75) is 199 Å². The summed E-state index contributed by atoms with van der Waals surface area (Å²) in [6.07, 6.45) is 40.8. The first-order valence-corrected chi connectivity index (χ1v) is 17.8. The maximum Gasteiger partial charge on any atom is 0.317 e. The molecule has 238 valence electrons. The van der Waals surface area contributed by atoms with Crippen molar-refractivity contribution in [1.82, 2.24) is 5.32 Å². The van der Waals surface area contributed by atoms with E-state index in [1.807, 2.05) is 0 Å². The molecule has 0 aliphatic rings. The van der Waals surface area contributed by atoms with Crippen LogP contribution in [0.2, 0.25) is 0 Å². The number of carbonyl (C=O) groups is 2. The van der Waals surface area contributed by atoms with Gasteiger partial charge in [0.25, 0.3) is 0 Å². The smallest absolute Gasteiger partial charge is 0.317 e. The zero-order valence-corrected chi connectivity index (χ0v) is 26.5. The zero-order valence-electron chi connectivity index (χ0n) is 26.5. The van der Waals surface area contributed by atoms with Gasteiger partial charge in [0.1, 0.15) is 0 Å². The molecule has 0 spiro atoms. The van der Waals surface area contributed by atoms with Crippen molar-refractivity contribution in [1.29, 1.82) is 0 Å². The maximum atomic E-state index is 10.5. The molecule has 3 N–H and O–H groups in total. The van der Waals surface area contributed by atoms with Crippen LogP contribution in [0.25, 0.3) is 0 Å². The Morgan fingerprint density at radius 2 is 0.550 bits per heavy atom. The van der Waals surface area contributed by atoms with Crippen molar-refractivity contribution in [2.75, 3.05) is 13.1 Å². The van der Waals surface area contributed by atoms with Gasteiger partial charge in [-0.2, -0.15) is 0 Å². The molecule has 0 saturated carbocycles. The summed E-state index contributed by atoms with van der Waals surface area (Å²) >= 11 is 0. The second kappa shape index (κ2) is 34.1. The van der Waals surface area contributed by atoms with Crippen molar-refractivity contribution in [3.63, 3.8) is 0 Å². The highest BCUT2D eigenvalue weighted by Gasteiger charge is 1.99. The summed E-state index contributed by atoms with van der Waals surface area (Å²) < 4.78 is 0. The van der Waals surface area contributed by atoms with Crippen molar-refractivity contribution in [3.05, 3.63) is 0 Å². The summed E-state index contributed by atoms with van der Waals surface area (Å²) in [6, 6.07) is 0. The summed E-state index contributed by atoms with van der Waals surface area (Å²) in [5.41, 5.74) is 0. The Morgan fingerprint density at radius 1 is 0.325 bits per heavy atom. The molecule has 40 heavy (non-hydrogen) atoms. The van der Waals surface area contributed by atoms with Crippen LogP contribution < -0.4 is 5.32 Å². The second-order valence-electron chi connectivity index (χ2n) is 12.3. The lowest BCUT2D eigenvalue weighted by molar-refractivity contribution is -0.137. The van der Waals surface area contributed by atoms with E-state index in [0.29, 0.717) is 6.42 Å². The van der Waals surface area contributed by atoms with Crippen molar-refractivity contribution >= 4 is 11.9 Å². The molecule has 0 aromatic carbocycles. The van der Waals surface area contributed by atoms with E-state index in [0.717, 1.165) is 25.8 Å². The summed E-state index contributed by atoms with van der Waals surface area (Å²) in [7, 11) is 0. The average Bonchev–Trinajstić information content (AvgIpc) is 2.93. The molecule has 5 nitrogen and oxygen atoms in total. The molecule has 0 aromatic rings. The highest BCUT2D eigenvalue weighted by atomic mass is 16.4. The fourth-order valence-electron chi connectivity index (χ4n) is 5.67. The number of carboxylic acids is 2. The van der Waals surface area contributed by atoms with Crippen molar-refractivity contribution in [2.24, 2.45) is 0 Å². The lowest BCUT2D eigenvalue weighted by atomic mass is 10.0. The van der Waals surface area contributed by atoms with E-state index in [1.165, 1.54) is 173 Å². The molecule has 0 amide bonds. The summed E-state index contributed by atoms with van der Waals surface area (Å²) in [5, 5.41) is 20.1. The Balaban J connectivity index is 3.04. The van der Waals surface area contributed by atoms with E-state index in [-0.39, 0.29) is 6.54 Å². The molecule has 0 heterocycles. The van der Waals surface area contributed by atoms with Gasteiger partial charge in [-0.15, -0.1) is 0 Å². The molecule has 0 atom stereocenters. The van der Waals surface area contributed by atoms with Crippen LogP contribution in [0.4, 0.5) is 0 Å². The molecule has 0 radical (unpaired) electrons. The summed E-state index contributed by atoms with van der Waals surface area (Å²) in [4.78, 5) is 20.9. The first-order valence-electron chi connectivity index (χ1n) is 17.8. The molecular weight excluding hydrogens is 498 g/mol. The van der Waals surface area contributed by atoms with E-state index in [4.69, 9.17) is 10.2 Å².